The van der Waals surface area contributed by atoms with Crippen molar-refractivity contribution in [3.05, 3.63) is 59.9 Å². The van der Waals surface area contributed by atoms with Gasteiger partial charge in [0.05, 0.1) is 6.10 Å². The van der Waals surface area contributed by atoms with E-state index < -0.39 is 11.9 Å². The number of ether oxygens (including phenoxy) is 1. The molecule has 0 aliphatic heterocycles. The number of carboxylic acid groups (broad SMARTS) is 1. The first-order valence-corrected chi connectivity index (χ1v) is 7.26. The number of aromatic nitrogens is 1. The topological polar surface area (TPSA) is 101 Å². The van der Waals surface area contributed by atoms with E-state index in [4.69, 9.17) is 4.74 Å². The van der Waals surface area contributed by atoms with Gasteiger partial charge in [0.25, 0.3) is 5.91 Å². The van der Waals surface area contributed by atoms with Gasteiger partial charge in [0.2, 0.25) is 0 Å². The largest absolute Gasteiger partial charge is 0.491 e. The predicted molar refractivity (Wildman–Crippen MR) is 88.1 cm³/mol. The summed E-state index contributed by atoms with van der Waals surface area (Å²) in [6, 6.07) is 9.45. The average molecular weight is 327 g/mol. The Labute approximate surface area is 139 Å². The monoisotopic (exact) mass is 327 g/mol. The van der Waals surface area contributed by atoms with Gasteiger partial charge in [0.15, 0.2) is 5.71 Å². The molecule has 0 unspecified atom stereocenters. The van der Waals surface area contributed by atoms with Crippen LogP contribution in [0.2, 0.25) is 0 Å². The molecule has 24 heavy (non-hydrogen) atoms. The average Bonchev–Trinajstić information content (AvgIpc) is 2.56. The van der Waals surface area contributed by atoms with Crippen LogP contribution >= 0.6 is 0 Å². The van der Waals surface area contributed by atoms with Gasteiger partial charge in [-0.1, -0.05) is 0 Å². The molecule has 0 fully saturated rings. The minimum atomic E-state index is -1.25. The van der Waals surface area contributed by atoms with Gasteiger partial charge in [-0.3, -0.25) is 9.78 Å². The molecule has 2 aromatic rings. The first-order chi connectivity index (χ1) is 11.5. The first-order valence-electron chi connectivity index (χ1n) is 7.26. The van der Waals surface area contributed by atoms with Gasteiger partial charge in [-0.2, -0.15) is 5.10 Å². The van der Waals surface area contributed by atoms with Gasteiger partial charge in [-0.15, -0.1) is 0 Å². The van der Waals surface area contributed by atoms with Crippen LogP contribution in [0.5, 0.6) is 5.75 Å². The summed E-state index contributed by atoms with van der Waals surface area (Å²) >= 11 is 0. The predicted octanol–water partition coefficient (Wildman–Crippen LogP) is 2.09. The number of rotatable bonds is 6. The fraction of sp³-hybridized carbons (Fsp3) is 0.176. The van der Waals surface area contributed by atoms with Crippen LogP contribution in [0.3, 0.4) is 0 Å². The smallest absolute Gasteiger partial charge is 0.356 e. The Morgan fingerprint density at radius 2 is 1.71 bits per heavy atom. The zero-order valence-corrected chi connectivity index (χ0v) is 13.3. The SMILES string of the molecule is CC(C)Oc1ccc(C(=NNC(=O)c2ccncc2)C(=O)O)cc1. The van der Waals surface area contributed by atoms with E-state index >= 15 is 0 Å². The third-order valence-corrected chi connectivity index (χ3v) is 2.91. The van der Waals surface area contributed by atoms with Gasteiger partial charge in [-0.25, -0.2) is 10.2 Å². The first kappa shape index (κ1) is 17.1. The summed E-state index contributed by atoms with van der Waals surface area (Å²) < 4.78 is 5.50. The Morgan fingerprint density at radius 1 is 1.08 bits per heavy atom. The lowest BCUT2D eigenvalue weighted by molar-refractivity contribution is -0.129. The van der Waals surface area contributed by atoms with Crippen LogP contribution in [0.25, 0.3) is 0 Å². The van der Waals surface area contributed by atoms with E-state index in [1.165, 1.54) is 24.5 Å². The third kappa shape index (κ3) is 4.64. The van der Waals surface area contributed by atoms with E-state index in [2.05, 4.69) is 15.5 Å². The summed E-state index contributed by atoms with van der Waals surface area (Å²) in [5.74, 6) is -1.14. The Kier molecular flexibility index (Phi) is 5.62. The standard InChI is InChI=1S/C17H17N3O4/c1-11(2)24-14-5-3-12(4-6-14)15(17(22)23)19-20-16(21)13-7-9-18-10-8-13/h3-11H,1-2H3,(H,20,21)(H,22,23). The fourth-order valence-corrected chi connectivity index (χ4v) is 1.87. The molecule has 7 nitrogen and oxygen atoms in total. The van der Waals surface area contributed by atoms with Crippen molar-refractivity contribution in [2.75, 3.05) is 0 Å². The van der Waals surface area contributed by atoms with Crippen molar-refractivity contribution in [3.8, 4) is 5.75 Å². The highest BCUT2D eigenvalue weighted by Gasteiger charge is 2.14. The van der Waals surface area contributed by atoms with Crippen molar-refractivity contribution in [2.24, 2.45) is 5.10 Å². The number of nitrogens with zero attached hydrogens (tertiary/aromatic N) is 2. The Bertz CT molecular complexity index is 740. The second-order valence-electron chi connectivity index (χ2n) is 5.13. The number of carbonyl (C=O) groups is 2. The van der Waals surface area contributed by atoms with Crippen molar-refractivity contribution in [3.63, 3.8) is 0 Å². The van der Waals surface area contributed by atoms with Gasteiger partial charge in [0, 0.05) is 23.5 Å². The van der Waals surface area contributed by atoms with Crippen LogP contribution in [-0.2, 0) is 4.79 Å². The molecule has 0 bridgehead atoms. The molecule has 0 spiro atoms. The van der Waals surface area contributed by atoms with E-state index in [9.17, 15) is 14.7 Å². The number of pyridine rings is 1. The fourth-order valence-electron chi connectivity index (χ4n) is 1.87. The number of carbonyl (C=O) groups excluding carboxylic acids is 1. The highest BCUT2D eigenvalue weighted by molar-refractivity contribution is 6.42. The lowest BCUT2D eigenvalue weighted by Gasteiger charge is -2.10. The van der Waals surface area contributed by atoms with Crippen molar-refractivity contribution in [1.82, 2.24) is 10.4 Å². The minimum absolute atomic E-state index is 0.0168. The minimum Gasteiger partial charge on any atom is -0.491 e. The molecule has 0 saturated carbocycles. The summed E-state index contributed by atoms with van der Waals surface area (Å²) in [6.45, 7) is 3.79. The lowest BCUT2D eigenvalue weighted by atomic mass is 10.1. The zero-order chi connectivity index (χ0) is 17.5. The summed E-state index contributed by atoms with van der Waals surface area (Å²) in [6.07, 6.45) is 2.94. The molecule has 1 aromatic carbocycles. The summed E-state index contributed by atoms with van der Waals surface area (Å²) in [5, 5.41) is 13.0. The Hall–Kier alpha value is -3.22. The van der Waals surface area contributed by atoms with Crippen LogP contribution in [0.4, 0.5) is 0 Å². The quantitative estimate of drug-likeness (QED) is 0.625. The van der Waals surface area contributed by atoms with E-state index in [0.29, 0.717) is 16.9 Å². The maximum absolute atomic E-state index is 11.9. The van der Waals surface area contributed by atoms with Crippen molar-refractivity contribution in [2.45, 2.75) is 20.0 Å². The number of amides is 1. The molecule has 7 heteroatoms. The van der Waals surface area contributed by atoms with Gasteiger partial charge >= 0.3 is 5.97 Å². The van der Waals surface area contributed by atoms with E-state index in [1.807, 2.05) is 13.8 Å². The van der Waals surface area contributed by atoms with Crippen LogP contribution in [0, 0.1) is 0 Å². The van der Waals surface area contributed by atoms with Crippen molar-refractivity contribution in [1.29, 1.82) is 0 Å². The molecule has 0 aliphatic carbocycles. The number of hydrogen-bond donors (Lipinski definition) is 2. The number of nitrogens with one attached hydrogen (secondary N) is 1. The lowest BCUT2D eigenvalue weighted by Crippen LogP contribution is -2.24. The van der Waals surface area contributed by atoms with Crippen LogP contribution in [0.1, 0.15) is 29.8 Å². The van der Waals surface area contributed by atoms with Crippen molar-refractivity contribution >= 4 is 17.6 Å². The number of carboxylic acids is 1. The molecular weight excluding hydrogens is 310 g/mol. The number of hydrazone groups is 1. The maximum Gasteiger partial charge on any atom is 0.356 e. The third-order valence-electron chi connectivity index (χ3n) is 2.91. The molecule has 2 N–H and O–H groups in total. The highest BCUT2D eigenvalue weighted by atomic mass is 16.5. The number of benzene rings is 1. The van der Waals surface area contributed by atoms with Crippen molar-refractivity contribution < 1.29 is 19.4 Å². The Morgan fingerprint density at radius 3 is 2.25 bits per heavy atom. The molecule has 1 heterocycles. The molecule has 1 amide bonds. The van der Waals surface area contributed by atoms with Gasteiger partial charge in [-0.05, 0) is 50.2 Å². The molecule has 124 valence electrons. The molecular formula is C17H17N3O4. The van der Waals surface area contributed by atoms with E-state index in [1.54, 1.807) is 24.3 Å². The van der Waals surface area contributed by atoms with Crippen LogP contribution in [0.15, 0.2) is 53.9 Å². The highest BCUT2D eigenvalue weighted by Crippen LogP contribution is 2.14. The van der Waals surface area contributed by atoms with Gasteiger partial charge < -0.3 is 9.84 Å². The second-order valence-corrected chi connectivity index (χ2v) is 5.13. The van der Waals surface area contributed by atoms with Gasteiger partial charge in [0.1, 0.15) is 5.75 Å². The van der Waals surface area contributed by atoms with Crippen LogP contribution < -0.4 is 10.2 Å². The molecule has 0 aliphatic rings. The molecule has 2 rings (SSSR count). The summed E-state index contributed by atoms with van der Waals surface area (Å²) in [7, 11) is 0. The number of aliphatic carboxylic acids is 1. The molecule has 0 radical (unpaired) electrons. The Balaban J connectivity index is 2.17. The normalized spacial score (nSPS) is 11.2. The van der Waals surface area contributed by atoms with E-state index in [0.717, 1.165) is 0 Å². The summed E-state index contributed by atoms with van der Waals surface area (Å²) in [4.78, 5) is 27.1. The summed E-state index contributed by atoms with van der Waals surface area (Å²) in [5.41, 5.74) is 2.65. The molecule has 1 aromatic heterocycles. The van der Waals surface area contributed by atoms with Crippen LogP contribution in [-0.4, -0.2) is 33.8 Å². The maximum atomic E-state index is 11.9. The second kappa shape index (κ2) is 7.87. The molecule has 0 atom stereocenters. The zero-order valence-electron chi connectivity index (χ0n) is 13.3. The molecule has 0 saturated heterocycles. The van der Waals surface area contributed by atoms with E-state index in [-0.39, 0.29) is 11.8 Å². The number of hydrogen-bond acceptors (Lipinski definition) is 5.